The van der Waals surface area contributed by atoms with Crippen LogP contribution < -0.4 is 14.9 Å². The van der Waals surface area contributed by atoms with E-state index in [0.29, 0.717) is 11.3 Å². The number of aryl methyl sites for hydroxylation is 1. The molecule has 1 aromatic heterocycles. The van der Waals surface area contributed by atoms with E-state index in [2.05, 4.69) is 4.72 Å². The molecule has 32 heavy (non-hydrogen) atoms. The number of benzene rings is 3. The Labute approximate surface area is 183 Å². The van der Waals surface area contributed by atoms with Crippen molar-refractivity contribution in [3.63, 3.8) is 0 Å². The number of fused-ring (bicyclic) bond motifs is 1. The average Bonchev–Trinajstić information content (AvgIpc) is 2.74. The summed E-state index contributed by atoms with van der Waals surface area (Å²) >= 11 is 0. The lowest BCUT2D eigenvalue weighted by atomic mass is 10.1. The fraction of sp³-hybridized carbons (Fsp3) is 0.0870. The predicted octanol–water partition coefficient (Wildman–Crippen LogP) is 3.99. The van der Waals surface area contributed by atoms with Crippen molar-refractivity contribution in [2.45, 2.75) is 11.8 Å². The van der Waals surface area contributed by atoms with E-state index in [1.165, 1.54) is 43.5 Å². The van der Waals surface area contributed by atoms with Crippen LogP contribution in [0.15, 0.2) is 74.8 Å². The molecule has 0 fully saturated rings. The molecule has 0 spiro atoms. The van der Waals surface area contributed by atoms with Gasteiger partial charge >= 0.3 is 0 Å². The Morgan fingerprint density at radius 2 is 1.62 bits per heavy atom. The molecule has 3 N–H and O–H groups in total. The van der Waals surface area contributed by atoms with E-state index in [9.17, 15) is 23.4 Å². The Bertz CT molecular complexity index is 1470. The second-order valence-electron chi connectivity index (χ2n) is 7.12. The minimum atomic E-state index is -3.75. The van der Waals surface area contributed by atoms with Crippen molar-refractivity contribution in [3.8, 4) is 28.6 Å². The van der Waals surface area contributed by atoms with Crippen molar-refractivity contribution in [2.75, 3.05) is 11.8 Å². The first-order valence-electron chi connectivity index (χ1n) is 9.46. The standard InChI is InChI=1S/C23H19NO7S/c1-13-3-9-16(10-4-13)32(28,29)24-15-7-5-14(6-8-15)19-11-17(25)21-20(31-19)12-18(26)23(30-2)22(21)27/h3-12,24,26-27H,1-2H3. The zero-order valence-corrected chi connectivity index (χ0v) is 17.9. The largest absolute Gasteiger partial charge is 0.504 e. The van der Waals surface area contributed by atoms with Gasteiger partial charge in [0.05, 0.1) is 12.0 Å². The van der Waals surface area contributed by atoms with Crippen LogP contribution >= 0.6 is 0 Å². The first-order chi connectivity index (χ1) is 15.2. The number of aromatic hydroxyl groups is 2. The predicted molar refractivity (Wildman–Crippen MR) is 120 cm³/mol. The lowest BCUT2D eigenvalue weighted by Crippen LogP contribution is -2.12. The molecule has 0 saturated carbocycles. The van der Waals surface area contributed by atoms with Crippen LogP contribution in [0.4, 0.5) is 5.69 Å². The zero-order valence-electron chi connectivity index (χ0n) is 17.1. The summed E-state index contributed by atoms with van der Waals surface area (Å²) in [6.45, 7) is 1.87. The third-order valence-electron chi connectivity index (χ3n) is 4.88. The first-order valence-corrected chi connectivity index (χ1v) is 10.9. The van der Waals surface area contributed by atoms with Gasteiger partial charge in [0.15, 0.2) is 16.9 Å². The number of ether oxygens (including phenoxy) is 1. The van der Waals surface area contributed by atoms with Gasteiger partial charge in [-0.15, -0.1) is 0 Å². The maximum Gasteiger partial charge on any atom is 0.261 e. The molecule has 0 atom stereocenters. The first kappa shape index (κ1) is 21.3. The summed E-state index contributed by atoms with van der Waals surface area (Å²) < 4.78 is 38.2. The lowest BCUT2D eigenvalue weighted by Gasteiger charge is -2.10. The van der Waals surface area contributed by atoms with E-state index < -0.39 is 21.2 Å². The summed E-state index contributed by atoms with van der Waals surface area (Å²) in [5, 5.41) is 20.1. The fourth-order valence-corrected chi connectivity index (χ4v) is 4.31. The highest BCUT2D eigenvalue weighted by molar-refractivity contribution is 7.92. The number of methoxy groups -OCH3 is 1. The van der Waals surface area contributed by atoms with Gasteiger partial charge in [0.1, 0.15) is 16.7 Å². The van der Waals surface area contributed by atoms with Gasteiger partial charge in [-0.25, -0.2) is 8.42 Å². The zero-order chi connectivity index (χ0) is 23.0. The molecule has 3 aromatic carbocycles. The molecule has 0 aliphatic rings. The number of nitrogens with one attached hydrogen (secondary N) is 1. The Hall–Kier alpha value is -3.98. The molecule has 0 aliphatic carbocycles. The van der Waals surface area contributed by atoms with Crippen LogP contribution in [0.3, 0.4) is 0 Å². The van der Waals surface area contributed by atoms with Gasteiger partial charge in [-0.3, -0.25) is 9.52 Å². The summed E-state index contributed by atoms with van der Waals surface area (Å²) in [4.78, 5) is 12.7. The molecule has 9 heteroatoms. The molecule has 0 amide bonds. The summed E-state index contributed by atoms with van der Waals surface area (Å²) in [7, 11) is -2.49. The van der Waals surface area contributed by atoms with Crippen molar-refractivity contribution in [3.05, 3.63) is 76.5 Å². The summed E-state index contributed by atoms with van der Waals surface area (Å²) in [5.41, 5.74) is 1.23. The molecule has 4 aromatic rings. The average molecular weight is 453 g/mol. The number of hydrogen-bond acceptors (Lipinski definition) is 7. The Morgan fingerprint density at radius 3 is 2.25 bits per heavy atom. The lowest BCUT2D eigenvalue weighted by molar-refractivity contribution is 0.346. The van der Waals surface area contributed by atoms with Crippen LogP contribution in [0.2, 0.25) is 0 Å². The molecule has 164 valence electrons. The van der Waals surface area contributed by atoms with Crippen LogP contribution in [0.5, 0.6) is 17.2 Å². The quantitative estimate of drug-likeness (QED) is 0.417. The molecule has 8 nitrogen and oxygen atoms in total. The molecule has 4 rings (SSSR count). The molecular weight excluding hydrogens is 434 g/mol. The second kappa shape index (κ2) is 7.93. The Kier molecular flexibility index (Phi) is 5.27. The number of rotatable bonds is 5. The van der Waals surface area contributed by atoms with Gasteiger partial charge in [-0.05, 0) is 43.3 Å². The number of phenolic OH excluding ortho intramolecular Hbond substituents is 2. The number of anilines is 1. The molecule has 0 unspecified atom stereocenters. The van der Waals surface area contributed by atoms with Crippen molar-refractivity contribution < 1.29 is 27.8 Å². The highest BCUT2D eigenvalue weighted by atomic mass is 32.2. The van der Waals surface area contributed by atoms with E-state index >= 15 is 0 Å². The van der Waals surface area contributed by atoms with Crippen LogP contribution in [-0.2, 0) is 10.0 Å². The summed E-state index contributed by atoms with van der Waals surface area (Å²) in [6.07, 6.45) is 0. The van der Waals surface area contributed by atoms with Crippen molar-refractivity contribution in [2.24, 2.45) is 0 Å². The SMILES string of the molecule is COc1c(O)cc2oc(-c3ccc(NS(=O)(=O)c4ccc(C)cc4)cc3)cc(=O)c2c1O. The van der Waals surface area contributed by atoms with Gasteiger partial charge in [-0.1, -0.05) is 17.7 Å². The third kappa shape index (κ3) is 3.85. The molecule has 0 bridgehead atoms. The van der Waals surface area contributed by atoms with Gasteiger partial charge < -0.3 is 19.4 Å². The van der Waals surface area contributed by atoms with Crippen LogP contribution in [-0.4, -0.2) is 25.7 Å². The van der Waals surface area contributed by atoms with E-state index in [1.807, 2.05) is 6.92 Å². The van der Waals surface area contributed by atoms with Crippen molar-refractivity contribution >= 4 is 26.7 Å². The number of hydrogen-bond donors (Lipinski definition) is 3. The van der Waals surface area contributed by atoms with Crippen molar-refractivity contribution in [1.29, 1.82) is 0 Å². The maximum atomic E-state index is 12.6. The summed E-state index contributed by atoms with van der Waals surface area (Å²) in [5.74, 6) is -0.926. The van der Waals surface area contributed by atoms with E-state index in [-0.39, 0.29) is 33.1 Å². The van der Waals surface area contributed by atoms with E-state index in [0.717, 1.165) is 5.56 Å². The minimum absolute atomic E-state index is 0.0209. The Morgan fingerprint density at radius 1 is 0.969 bits per heavy atom. The third-order valence-corrected chi connectivity index (χ3v) is 6.28. The monoisotopic (exact) mass is 453 g/mol. The summed E-state index contributed by atoms with van der Waals surface area (Å²) in [6, 6.07) is 15.1. The van der Waals surface area contributed by atoms with Gasteiger partial charge in [0, 0.05) is 23.4 Å². The Balaban J connectivity index is 1.67. The van der Waals surface area contributed by atoms with Gasteiger partial charge in [-0.2, -0.15) is 0 Å². The second-order valence-corrected chi connectivity index (χ2v) is 8.80. The topological polar surface area (TPSA) is 126 Å². The van der Waals surface area contributed by atoms with Gasteiger partial charge in [0.2, 0.25) is 5.75 Å². The molecule has 0 saturated heterocycles. The number of phenols is 2. The highest BCUT2D eigenvalue weighted by Gasteiger charge is 2.19. The number of sulfonamides is 1. The normalized spacial score (nSPS) is 11.4. The molecule has 0 radical (unpaired) electrons. The highest BCUT2D eigenvalue weighted by Crippen LogP contribution is 2.41. The molecule has 1 heterocycles. The fourth-order valence-electron chi connectivity index (χ4n) is 3.25. The van der Waals surface area contributed by atoms with Crippen LogP contribution in [0.25, 0.3) is 22.3 Å². The minimum Gasteiger partial charge on any atom is -0.504 e. The van der Waals surface area contributed by atoms with Crippen LogP contribution in [0.1, 0.15) is 5.56 Å². The van der Waals surface area contributed by atoms with Crippen LogP contribution in [0, 0.1) is 6.92 Å². The van der Waals surface area contributed by atoms with Crippen molar-refractivity contribution in [1.82, 2.24) is 0 Å². The smallest absolute Gasteiger partial charge is 0.261 e. The molecular formula is C23H19NO7S. The molecule has 0 aliphatic heterocycles. The maximum absolute atomic E-state index is 12.6. The van der Waals surface area contributed by atoms with E-state index in [1.54, 1.807) is 24.3 Å². The van der Waals surface area contributed by atoms with Gasteiger partial charge in [0.25, 0.3) is 10.0 Å². The van der Waals surface area contributed by atoms with E-state index in [4.69, 9.17) is 9.15 Å².